The third-order valence-corrected chi connectivity index (χ3v) is 4.49. The number of carbonyl (C=O) groups is 2. The molecule has 1 aromatic carbocycles. The molecule has 0 radical (unpaired) electrons. The molecule has 0 spiro atoms. The summed E-state index contributed by atoms with van der Waals surface area (Å²) in [5, 5.41) is 11.8. The van der Waals surface area contributed by atoms with Crippen molar-refractivity contribution in [3.8, 4) is 0 Å². The van der Waals surface area contributed by atoms with Crippen LogP contribution in [-0.4, -0.2) is 22.5 Å². The summed E-state index contributed by atoms with van der Waals surface area (Å²) in [5.41, 5.74) is 0.587. The summed E-state index contributed by atoms with van der Waals surface area (Å²) < 4.78 is 1.01. The Bertz CT molecular complexity index is 528. The third kappa shape index (κ3) is 6.18. The molecular formula is C17H24BrNO3. The van der Waals surface area contributed by atoms with Gasteiger partial charge in [0.15, 0.2) is 0 Å². The minimum absolute atomic E-state index is 0.0198. The summed E-state index contributed by atoms with van der Waals surface area (Å²) in [7, 11) is 0. The van der Waals surface area contributed by atoms with Gasteiger partial charge >= 0.3 is 5.97 Å². The maximum atomic E-state index is 12.5. The van der Waals surface area contributed by atoms with E-state index in [9.17, 15) is 9.59 Å². The van der Waals surface area contributed by atoms with Crippen LogP contribution in [0.1, 0.15) is 45.6 Å². The van der Waals surface area contributed by atoms with Crippen molar-refractivity contribution in [2.45, 2.75) is 52.0 Å². The van der Waals surface area contributed by atoms with Crippen molar-refractivity contribution in [2.75, 3.05) is 0 Å². The van der Waals surface area contributed by atoms with E-state index in [1.165, 1.54) is 0 Å². The van der Waals surface area contributed by atoms with Crippen LogP contribution in [0.2, 0.25) is 0 Å². The normalized spacial score (nSPS) is 12.7. The van der Waals surface area contributed by atoms with Gasteiger partial charge in [-0.2, -0.15) is 0 Å². The van der Waals surface area contributed by atoms with Crippen molar-refractivity contribution in [1.29, 1.82) is 0 Å². The molecule has 1 atom stereocenters. The fraction of sp³-hybridized carbons (Fsp3) is 0.529. The lowest BCUT2D eigenvalue weighted by atomic mass is 9.93. The zero-order valence-corrected chi connectivity index (χ0v) is 14.9. The molecule has 0 heterocycles. The number of carboxylic acids is 1. The van der Waals surface area contributed by atoms with Crippen molar-refractivity contribution < 1.29 is 14.7 Å². The molecule has 0 aliphatic carbocycles. The summed E-state index contributed by atoms with van der Waals surface area (Å²) >= 11 is 3.51. The Labute approximate surface area is 140 Å². The van der Waals surface area contributed by atoms with Crippen molar-refractivity contribution in [2.24, 2.45) is 5.92 Å². The molecule has 22 heavy (non-hydrogen) atoms. The Kier molecular flexibility index (Phi) is 7.07. The smallest absolute Gasteiger partial charge is 0.303 e. The van der Waals surface area contributed by atoms with Crippen LogP contribution >= 0.6 is 15.9 Å². The first-order valence-corrected chi connectivity index (χ1v) is 8.31. The molecule has 1 aromatic rings. The van der Waals surface area contributed by atoms with Gasteiger partial charge in [-0.3, -0.25) is 9.59 Å². The van der Waals surface area contributed by atoms with Crippen LogP contribution in [0.15, 0.2) is 28.7 Å². The minimum Gasteiger partial charge on any atom is -0.481 e. The van der Waals surface area contributed by atoms with Crippen LogP contribution in [0.25, 0.3) is 0 Å². The van der Waals surface area contributed by atoms with E-state index in [0.717, 1.165) is 16.5 Å². The van der Waals surface area contributed by atoms with Crippen molar-refractivity contribution in [1.82, 2.24) is 5.32 Å². The molecule has 1 rings (SSSR count). The zero-order chi connectivity index (χ0) is 16.8. The summed E-state index contributed by atoms with van der Waals surface area (Å²) in [6, 6.07) is 7.89. The Balaban J connectivity index is 2.68. The number of nitrogens with one attached hydrogen (secondary N) is 1. The lowest BCUT2D eigenvalue weighted by Crippen LogP contribution is -2.46. The standard InChI is InChI=1S/C17H24BrNO3/c1-4-12(11-13-7-5-6-8-14(13)18)16(22)19-17(2,3)10-9-15(20)21/h5-8,12H,4,9-11H2,1-3H3,(H,19,22)(H,20,21). The number of amides is 1. The van der Waals surface area contributed by atoms with Gasteiger partial charge in [0.2, 0.25) is 5.91 Å². The first kappa shape index (κ1) is 18.7. The molecule has 0 fully saturated rings. The average Bonchev–Trinajstić information content (AvgIpc) is 2.44. The van der Waals surface area contributed by atoms with E-state index < -0.39 is 11.5 Å². The highest BCUT2D eigenvalue weighted by Crippen LogP contribution is 2.22. The van der Waals surface area contributed by atoms with Crippen LogP contribution in [0.3, 0.4) is 0 Å². The fourth-order valence-corrected chi connectivity index (χ4v) is 2.72. The van der Waals surface area contributed by atoms with E-state index in [1.807, 2.05) is 45.0 Å². The molecule has 122 valence electrons. The lowest BCUT2D eigenvalue weighted by molar-refractivity contribution is -0.138. The van der Waals surface area contributed by atoms with Gasteiger partial charge in [-0.1, -0.05) is 41.1 Å². The number of halogens is 1. The second-order valence-corrected chi connectivity index (χ2v) is 7.02. The monoisotopic (exact) mass is 369 g/mol. The summed E-state index contributed by atoms with van der Waals surface area (Å²) in [4.78, 5) is 23.2. The van der Waals surface area contributed by atoms with Gasteiger partial charge in [-0.25, -0.2) is 0 Å². The molecule has 2 N–H and O–H groups in total. The zero-order valence-electron chi connectivity index (χ0n) is 13.4. The number of benzene rings is 1. The van der Waals surface area contributed by atoms with Gasteiger partial charge in [-0.15, -0.1) is 0 Å². The van der Waals surface area contributed by atoms with Gasteiger partial charge in [0.1, 0.15) is 0 Å². The molecular weight excluding hydrogens is 346 g/mol. The molecule has 0 aliphatic rings. The van der Waals surface area contributed by atoms with Gasteiger partial charge in [0.05, 0.1) is 0 Å². The van der Waals surface area contributed by atoms with E-state index in [0.29, 0.717) is 12.8 Å². The Morgan fingerprint density at radius 3 is 2.50 bits per heavy atom. The van der Waals surface area contributed by atoms with E-state index in [-0.39, 0.29) is 18.2 Å². The highest BCUT2D eigenvalue weighted by molar-refractivity contribution is 9.10. The molecule has 0 aliphatic heterocycles. The molecule has 5 heteroatoms. The third-order valence-electron chi connectivity index (χ3n) is 3.71. The maximum Gasteiger partial charge on any atom is 0.303 e. The molecule has 0 saturated heterocycles. The lowest BCUT2D eigenvalue weighted by Gasteiger charge is -2.28. The predicted octanol–water partition coefficient (Wildman–Crippen LogP) is 3.78. The van der Waals surface area contributed by atoms with E-state index in [2.05, 4.69) is 21.2 Å². The van der Waals surface area contributed by atoms with E-state index in [1.54, 1.807) is 0 Å². The Hall–Kier alpha value is -1.36. The first-order valence-electron chi connectivity index (χ1n) is 7.52. The predicted molar refractivity (Wildman–Crippen MR) is 90.7 cm³/mol. The molecule has 1 amide bonds. The average molecular weight is 370 g/mol. The van der Waals surface area contributed by atoms with Crippen LogP contribution in [0.5, 0.6) is 0 Å². The van der Waals surface area contributed by atoms with Crippen molar-refractivity contribution >= 4 is 27.8 Å². The Morgan fingerprint density at radius 1 is 1.32 bits per heavy atom. The number of carbonyl (C=O) groups excluding carboxylic acids is 1. The van der Waals surface area contributed by atoms with E-state index >= 15 is 0 Å². The number of rotatable bonds is 8. The SMILES string of the molecule is CCC(Cc1ccccc1Br)C(=O)NC(C)(C)CCC(=O)O. The minimum atomic E-state index is -0.845. The van der Waals surface area contributed by atoms with Crippen molar-refractivity contribution in [3.63, 3.8) is 0 Å². The second-order valence-electron chi connectivity index (χ2n) is 6.17. The molecule has 0 bridgehead atoms. The number of aliphatic carboxylic acids is 1. The van der Waals surface area contributed by atoms with Gasteiger partial charge < -0.3 is 10.4 Å². The second kappa shape index (κ2) is 8.32. The maximum absolute atomic E-state index is 12.5. The van der Waals surface area contributed by atoms with Gasteiger partial charge in [0, 0.05) is 22.4 Å². The van der Waals surface area contributed by atoms with Crippen LogP contribution in [0.4, 0.5) is 0 Å². The summed E-state index contributed by atoms with van der Waals surface area (Å²) in [5.74, 6) is -0.987. The summed E-state index contributed by atoms with van der Waals surface area (Å²) in [6.45, 7) is 5.71. The molecule has 0 saturated carbocycles. The topological polar surface area (TPSA) is 66.4 Å². The molecule has 0 aromatic heterocycles. The fourth-order valence-electron chi connectivity index (χ4n) is 2.27. The quantitative estimate of drug-likeness (QED) is 0.732. The number of hydrogen-bond acceptors (Lipinski definition) is 2. The Morgan fingerprint density at radius 2 is 1.95 bits per heavy atom. The highest BCUT2D eigenvalue weighted by atomic mass is 79.9. The number of hydrogen-bond donors (Lipinski definition) is 2. The van der Waals surface area contributed by atoms with Crippen LogP contribution in [-0.2, 0) is 16.0 Å². The van der Waals surface area contributed by atoms with Crippen LogP contribution < -0.4 is 5.32 Å². The number of carboxylic acid groups (broad SMARTS) is 1. The van der Waals surface area contributed by atoms with Crippen molar-refractivity contribution in [3.05, 3.63) is 34.3 Å². The van der Waals surface area contributed by atoms with Gasteiger partial charge in [0.25, 0.3) is 0 Å². The first-order chi connectivity index (χ1) is 10.2. The largest absolute Gasteiger partial charge is 0.481 e. The highest BCUT2D eigenvalue weighted by Gasteiger charge is 2.26. The van der Waals surface area contributed by atoms with E-state index in [4.69, 9.17) is 5.11 Å². The summed E-state index contributed by atoms with van der Waals surface area (Å²) in [6.07, 6.45) is 1.87. The molecule has 1 unspecified atom stereocenters. The van der Waals surface area contributed by atoms with Crippen LogP contribution in [0, 0.1) is 5.92 Å². The van der Waals surface area contributed by atoms with Gasteiger partial charge in [-0.05, 0) is 44.7 Å². The molecule has 4 nitrogen and oxygen atoms in total.